The first kappa shape index (κ1) is 21.8. The predicted molar refractivity (Wildman–Crippen MR) is 128 cm³/mol. The van der Waals surface area contributed by atoms with Gasteiger partial charge in [0.05, 0.1) is 22.9 Å². The van der Waals surface area contributed by atoms with Crippen molar-refractivity contribution in [2.45, 2.75) is 31.5 Å². The second-order valence-electron chi connectivity index (χ2n) is 7.42. The average molecular weight is 445 g/mol. The number of fused-ring (bicyclic) bond motifs is 1. The van der Waals surface area contributed by atoms with Crippen LogP contribution in [-0.4, -0.2) is 26.2 Å². The number of aromatic nitrogens is 3. The summed E-state index contributed by atoms with van der Waals surface area (Å²) in [4.78, 5) is 34.6. The molecule has 6 nitrogen and oxygen atoms in total. The molecule has 0 aliphatic rings. The number of hydrogen-bond donors (Lipinski definition) is 1. The molecule has 162 valence electrons. The minimum absolute atomic E-state index is 0.114. The van der Waals surface area contributed by atoms with Crippen molar-refractivity contribution < 1.29 is 4.79 Å². The summed E-state index contributed by atoms with van der Waals surface area (Å²) < 4.78 is 1.54. The van der Waals surface area contributed by atoms with E-state index in [1.807, 2.05) is 49.4 Å². The van der Waals surface area contributed by atoms with Crippen LogP contribution in [0.2, 0.25) is 0 Å². The lowest BCUT2D eigenvalue weighted by Gasteiger charge is -2.16. The van der Waals surface area contributed by atoms with Gasteiger partial charge < -0.3 is 5.32 Å². The van der Waals surface area contributed by atoms with E-state index in [2.05, 4.69) is 34.3 Å². The maximum Gasteiger partial charge on any atom is 0.268 e. The lowest BCUT2D eigenvalue weighted by molar-refractivity contribution is -0.119. The van der Waals surface area contributed by atoms with E-state index in [-0.39, 0.29) is 23.3 Å². The second-order valence-corrected chi connectivity index (χ2v) is 8.36. The van der Waals surface area contributed by atoms with Gasteiger partial charge in [0.2, 0.25) is 5.91 Å². The largest absolute Gasteiger partial charge is 0.349 e. The Morgan fingerprint density at radius 2 is 1.81 bits per heavy atom. The third-order valence-electron chi connectivity index (χ3n) is 5.23. The molecule has 0 saturated carbocycles. The van der Waals surface area contributed by atoms with Gasteiger partial charge in [-0.15, -0.1) is 0 Å². The Morgan fingerprint density at radius 1 is 1.06 bits per heavy atom. The summed E-state index contributed by atoms with van der Waals surface area (Å²) in [5.74, 6) is 0.00619. The molecule has 0 aliphatic heterocycles. The van der Waals surface area contributed by atoms with Crippen LogP contribution < -0.4 is 10.9 Å². The van der Waals surface area contributed by atoms with Crippen molar-refractivity contribution in [3.63, 3.8) is 0 Å². The molecule has 7 heteroatoms. The van der Waals surface area contributed by atoms with Gasteiger partial charge in [0.25, 0.3) is 5.56 Å². The van der Waals surface area contributed by atoms with Gasteiger partial charge in [0, 0.05) is 6.20 Å². The molecule has 1 N–H and O–H groups in total. The molecule has 0 spiro atoms. The standard InChI is InChI=1S/C25H24N4O2S/c1-3-18-11-13-19(14-12-18)17(2)27-22(30)16-32-25-28-23-21(10-7-15-26-23)24(31)29(25)20-8-5-4-6-9-20/h4-15,17H,3,16H2,1-2H3,(H,27,30). The lowest BCUT2D eigenvalue weighted by Crippen LogP contribution is -2.29. The number of aryl methyl sites for hydroxylation is 1. The molecule has 0 aliphatic carbocycles. The number of nitrogens with one attached hydrogen (secondary N) is 1. The van der Waals surface area contributed by atoms with Gasteiger partial charge in [-0.25, -0.2) is 9.97 Å². The van der Waals surface area contributed by atoms with Crippen LogP contribution in [0, 0.1) is 0 Å². The molecule has 0 radical (unpaired) electrons. The maximum absolute atomic E-state index is 13.2. The minimum atomic E-state index is -0.207. The van der Waals surface area contributed by atoms with Gasteiger partial charge in [-0.05, 0) is 48.7 Å². The molecule has 4 aromatic rings. The number of pyridine rings is 1. The van der Waals surface area contributed by atoms with Gasteiger partial charge in [0.1, 0.15) is 0 Å². The van der Waals surface area contributed by atoms with Crippen molar-refractivity contribution in [3.05, 3.63) is 94.4 Å². The summed E-state index contributed by atoms with van der Waals surface area (Å²) in [5.41, 5.74) is 3.18. The third kappa shape index (κ3) is 4.73. The molecule has 2 aromatic carbocycles. The number of carbonyl (C=O) groups is 1. The highest BCUT2D eigenvalue weighted by Gasteiger charge is 2.16. The van der Waals surface area contributed by atoms with E-state index in [1.165, 1.54) is 21.9 Å². The second kappa shape index (κ2) is 9.78. The summed E-state index contributed by atoms with van der Waals surface area (Å²) in [6.07, 6.45) is 2.59. The molecule has 0 bridgehead atoms. The number of nitrogens with zero attached hydrogens (tertiary/aromatic N) is 3. The molecule has 0 saturated heterocycles. The SMILES string of the molecule is CCc1ccc(C(C)NC(=O)CSc2nc3ncccc3c(=O)n2-c2ccccc2)cc1. The lowest BCUT2D eigenvalue weighted by atomic mass is 10.1. The van der Waals surface area contributed by atoms with Crippen molar-refractivity contribution in [1.29, 1.82) is 0 Å². The molecule has 32 heavy (non-hydrogen) atoms. The Kier molecular flexibility index (Phi) is 6.66. The quantitative estimate of drug-likeness (QED) is 0.339. The van der Waals surface area contributed by atoms with Crippen LogP contribution in [0.3, 0.4) is 0 Å². The molecule has 0 fully saturated rings. The van der Waals surface area contributed by atoms with Gasteiger partial charge in [0.15, 0.2) is 10.8 Å². The first-order valence-electron chi connectivity index (χ1n) is 10.5. The summed E-state index contributed by atoms with van der Waals surface area (Å²) in [7, 11) is 0. The van der Waals surface area contributed by atoms with E-state index in [4.69, 9.17) is 0 Å². The van der Waals surface area contributed by atoms with E-state index in [0.717, 1.165) is 12.0 Å². The zero-order chi connectivity index (χ0) is 22.5. The van der Waals surface area contributed by atoms with E-state index in [0.29, 0.717) is 21.9 Å². The van der Waals surface area contributed by atoms with Crippen LogP contribution in [-0.2, 0) is 11.2 Å². The molecule has 1 amide bonds. The summed E-state index contributed by atoms with van der Waals surface area (Å²) in [5, 5.41) is 3.90. The number of carbonyl (C=O) groups excluding carboxylic acids is 1. The highest BCUT2D eigenvalue weighted by Crippen LogP contribution is 2.21. The first-order valence-corrected chi connectivity index (χ1v) is 11.5. The first-order chi connectivity index (χ1) is 15.6. The normalized spacial score (nSPS) is 11.9. The number of rotatable bonds is 7. The molecular formula is C25H24N4O2S. The maximum atomic E-state index is 13.2. The van der Waals surface area contributed by atoms with Gasteiger partial charge in [-0.2, -0.15) is 0 Å². The van der Waals surface area contributed by atoms with Crippen LogP contribution in [0.15, 0.2) is 82.9 Å². The van der Waals surface area contributed by atoms with Crippen molar-refractivity contribution in [3.8, 4) is 5.69 Å². The van der Waals surface area contributed by atoms with Crippen LogP contribution in [0.5, 0.6) is 0 Å². The monoisotopic (exact) mass is 444 g/mol. The van der Waals surface area contributed by atoms with Crippen molar-refractivity contribution >= 4 is 28.7 Å². The van der Waals surface area contributed by atoms with E-state index >= 15 is 0 Å². The Hall–Kier alpha value is -3.45. The number of amides is 1. The van der Waals surface area contributed by atoms with Gasteiger partial charge in [-0.3, -0.25) is 14.2 Å². The highest BCUT2D eigenvalue weighted by molar-refractivity contribution is 7.99. The highest BCUT2D eigenvalue weighted by atomic mass is 32.2. The topological polar surface area (TPSA) is 76.9 Å². The Morgan fingerprint density at radius 3 is 2.53 bits per heavy atom. The fourth-order valence-corrected chi connectivity index (χ4v) is 4.25. The summed E-state index contributed by atoms with van der Waals surface area (Å²) in [6, 6.07) is 20.9. The van der Waals surface area contributed by atoms with E-state index < -0.39 is 0 Å². The van der Waals surface area contributed by atoms with Crippen LogP contribution in [0.1, 0.15) is 31.0 Å². The van der Waals surface area contributed by atoms with Gasteiger partial charge >= 0.3 is 0 Å². The van der Waals surface area contributed by atoms with Crippen molar-refractivity contribution in [2.24, 2.45) is 0 Å². The zero-order valence-corrected chi connectivity index (χ0v) is 18.8. The minimum Gasteiger partial charge on any atom is -0.349 e. The smallest absolute Gasteiger partial charge is 0.268 e. The number of thioether (sulfide) groups is 1. The summed E-state index contributed by atoms with van der Waals surface area (Å²) in [6.45, 7) is 4.07. The molecule has 1 unspecified atom stereocenters. The van der Waals surface area contributed by atoms with E-state index in [1.54, 1.807) is 18.3 Å². The molecule has 2 aromatic heterocycles. The third-order valence-corrected chi connectivity index (χ3v) is 6.16. The Labute approximate surface area is 190 Å². The molecule has 1 atom stereocenters. The van der Waals surface area contributed by atoms with Crippen molar-refractivity contribution in [2.75, 3.05) is 5.75 Å². The number of hydrogen-bond acceptors (Lipinski definition) is 5. The Balaban J connectivity index is 1.55. The average Bonchev–Trinajstić information content (AvgIpc) is 2.83. The number of benzene rings is 2. The van der Waals surface area contributed by atoms with Gasteiger partial charge in [-0.1, -0.05) is 61.2 Å². The van der Waals surface area contributed by atoms with E-state index in [9.17, 15) is 9.59 Å². The fourth-order valence-electron chi connectivity index (χ4n) is 3.44. The molecule has 2 heterocycles. The van der Waals surface area contributed by atoms with Crippen LogP contribution >= 0.6 is 11.8 Å². The van der Waals surface area contributed by atoms with Crippen LogP contribution in [0.4, 0.5) is 0 Å². The number of para-hydroxylation sites is 1. The van der Waals surface area contributed by atoms with Crippen LogP contribution in [0.25, 0.3) is 16.7 Å². The predicted octanol–water partition coefficient (Wildman–Crippen LogP) is 4.31. The summed E-state index contributed by atoms with van der Waals surface area (Å²) >= 11 is 1.22. The molecule has 4 rings (SSSR count). The zero-order valence-electron chi connectivity index (χ0n) is 18.0. The fraction of sp³-hybridized carbons (Fsp3) is 0.200. The van der Waals surface area contributed by atoms with Crippen molar-refractivity contribution in [1.82, 2.24) is 19.9 Å². The Bertz CT molecular complexity index is 1290. The molecular weight excluding hydrogens is 420 g/mol.